The summed E-state index contributed by atoms with van der Waals surface area (Å²) in [6.45, 7) is 0. The fourth-order valence-corrected chi connectivity index (χ4v) is 10.0. The molecule has 0 unspecified atom stereocenters. The summed E-state index contributed by atoms with van der Waals surface area (Å²) in [5, 5.41) is 7.91. The summed E-state index contributed by atoms with van der Waals surface area (Å²) in [6, 6.07) is 64.1. The lowest BCUT2D eigenvalue weighted by Gasteiger charge is -2.30. The summed E-state index contributed by atoms with van der Waals surface area (Å²) < 4.78 is 0. The molecule has 12 rings (SSSR count). The van der Waals surface area contributed by atoms with Crippen LogP contribution in [-0.4, -0.2) is 0 Å². The van der Waals surface area contributed by atoms with Gasteiger partial charge in [0.2, 0.25) is 0 Å². The van der Waals surface area contributed by atoms with Crippen LogP contribution in [0.15, 0.2) is 170 Å². The van der Waals surface area contributed by atoms with E-state index >= 15 is 0 Å². The SMILES string of the molecule is c1ccc2c(c1)-c1ccccc1C21c2ccccc2-c2c1cc1c3c(cccc23)-c2c(-c3cc4ccccc4c4ccccc34)cccc2-1. The van der Waals surface area contributed by atoms with Crippen molar-refractivity contribution in [3.05, 3.63) is 192 Å². The molecule has 0 heteroatoms. The molecule has 0 saturated carbocycles. The lowest BCUT2D eigenvalue weighted by molar-refractivity contribution is 0.795. The first kappa shape index (κ1) is 25.8. The van der Waals surface area contributed by atoms with Gasteiger partial charge >= 0.3 is 0 Å². The van der Waals surface area contributed by atoms with Crippen LogP contribution in [0.25, 0.3) is 88.0 Å². The van der Waals surface area contributed by atoms with Crippen LogP contribution in [0.5, 0.6) is 0 Å². The smallest absolute Gasteiger partial charge is 0.0619 e. The molecule has 0 amide bonds. The maximum atomic E-state index is 2.58. The number of rotatable bonds is 1. The first-order valence-corrected chi connectivity index (χ1v) is 17.3. The monoisotopic (exact) mass is 616 g/mol. The molecule has 0 nitrogen and oxygen atoms in total. The predicted molar refractivity (Wildman–Crippen MR) is 205 cm³/mol. The standard InChI is InChI=1S/C49H28/c1-2-14-30-29(13-1)27-40(32-16-4-3-15-31(30)32)35-20-11-21-36-41-28-45-48(39-23-12-22-38(46(35)36)47(39)41)37-19-7-10-26-44(37)49(45)42-24-8-5-17-33(42)34-18-6-9-25-43(34)49/h1-28H. The van der Waals surface area contributed by atoms with E-state index < -0.39 is 0 Å². The van der Waals surface area contributed by atoms with E-state index in [0.717, 1.165) is 0 Å². The molecule has 9 aromatic carbocycles. The van der Waals surface area contributed by atoms with Crippen LogP contribution in [0.2, 0.25) is 0 Å². The summed E-state index contributed by atoms with van der Waals surface area (Å²) in [6.07, 6.45) is 0. The molecule has 0 aromatic heterocycles. The second kappa shape index (κ2) is 9.01. The molecule has 9 aromatic rings. The Bertz CT molecular complexity index is 2890. The van der Waals surface area contributed by atoms with Gasteiger partial charge in [-0.05, 0) is 122 Å². The molecule has 3 aliphatic carbocycles. The van der Waals surface area contributed by atoms with Gasteiger partial charge in [0.25, 0.3) is 0 Å². The molecule has 1 spiro atoms. The van der Waals surface area contributed by atoms with Gasteiger partial charge in [0.15, 0.2) is 0 Å². The van der Waals surface area contributed by atoms with Crippen molar-refractivity contribution in [3.63, 3.8) is 0 Å². The number of fused-ring (bicyclic) bond motifs is 17. The number of benzene rings is 9. The van der Waals surface area contributed by atoms with E-state index in [-0.39, 0.29) is 5.41 Å². The quantitative estimate of drug-likeness (QED) is 0.161. The van der Waals surface area contributed by atoms with Crippen LogP contribution in [0.3, 0.4) is 0 Å². The molecule has 224 valence electrons. The van der Waals surface area contributed by atoms with Crippen molar-refractivity contribution in [2.45, 2.75) is 5.41 Å². The zero-order valence-electron chi connectivity index (χ0n) is 26.7. The normalized spacial score (nSPS) is 13.9. The van der Waals surface area contributed by atoms with Crippen LogP contribution < -0.4 is 0 Å². The van der Waals surface area contributed by atoms with Gasteiger partial charge in [0.1, 0.15) is 0 Å². The first-order valence-electron chi connectivity index (χ1n) is 17.3. The van der Waals surface area contributed by atoms with Gasteiger partial charge in [-0.25, -0.2) is 0 Å². The Balaban J connectivity index is 1.22. The minimum absolute atomic E-state index is 0.366. The minimum atomic E-state index is -0.366. The lowest BCUT2D eigenvalue weighted by Crippen LogP contribution is -2.25. The maximum absolute atomic E-state index is 2.58. The van der Waals surface area contributed by atoms with Gasteiger partial charge in [-0.15, -0.1) is 0 Å². The third-order valence-electron chi connectivity index (χ3n) is 11.8. The van der Waals surface area contributed by atoms with Crippen LogP contribution in [0, 0.1) is 0 Å². The third-order valence-corrected chi connectivity index (χ3v) is 11.8. The molecule has 0 atom stereocenters. The van der Waals surface area contributed by atoms with E-state index in [2.05, 4.69) is 170 Å². The summed E-state index contributed by atoms with van der Waals surface area (Å²) in [7, 11) is 0. The summed E-state index contributed by atoms with van der Waals surface area (Å²) in [5.41, 5.74) is 18.6. The Hall–Kier alpha value is -6.24. The molecule has 0 N–H and O–H groups in total. The van der Waals surface area contributed by atoms with E-state index in [1.807, 2.05) is 0 Å². The molecule has 49 heavy (non-hydrogen) atoms. The van der Waals surface area contributed by atoms with Crippen LogP contribution in [-0.2, 0) is 5.41 Å². The predicted octanol–water partition coefficient (Wildman–Crippen LogP) is 12.8. The molecule has 0 fully saturated rings. The Morgan fingerprint density at radius 3 is 1.53 bits per heavy atom. The van der Waals surface area contributed by atoms with Gasteiger partial charge in [0, 0.05) is 0 Å². The summed E-state index contributed by atoms with van der Waals surface area (Å²) in [5.74, 6) is 0. The average molecular weight is 617 g/mol. The van der Waals surface area contributed by atoms with E-state index in [4.69, 9.17) is 0 Å². The van der Waals surface area contributed by atoms with Crippen LogP contribution in [0.4, 0.5) is 0 Å². The van der Waals surface area contributed by atoms with Gasteiger partial charge in [-0.3, -0.25) is 0 Å². The van der Waals surface area contributed by atoms with Crippen molar-refractivity contribution in [2.75, 3.05) is 0 Å². The zero-order chi connectivity index (χ0) is 31.8. The molecular formula is C49H28. The topological polar surface area (TPSA) is 0 Å². The van der Waals surface area contributed by atoms with E-state index in [0.29, 0.717) is 0 Å². The highest BCUT2D eigenvalue weighted by Gasteiger charge is 2.52. The highest BCUT2D eigenvalue weighted by atomic mass is 14.5. The van der Waals surface area contributed by atoms with Crippen molar-refractivity contribution in [3.8, 4) is 55.6 Å². The molecule has 0 aliphatic heterocycles. The Morgan fingerprint density at radius 2 is 0.776 bits per heavy atom. The van der Waals surface area contributed by atoms with Crippen molar-refractivity contribution in [1.82, 2.24) is 0 Å². The largest absolute Gasteiger partial charge is 0.0725 e. The second-order valence-electron chi connectivity index (χ2n) is 13.9. The van der Waals surface area contributed by atoms with Gasteiger partial charge in [0.05, 0.1) is 5.41 Å². The van der Waals surface area contributed by atoms with Crippen molar-refractivity contribution >= 4 is 32.3 Å². The molecule has 0 heterocycles. The van der Waals surface area contributed by atoms with Crippen molar-refractivity contribution < 1.29 is 0 Å². The first-order chi connectivity index (χ1) is 24.3. The number of hydrogen-bond acceptors (Lipinski definition) is 0. The second-order valence-corrected chi connectivity index (χ2v) is 13.9. The highest BCUT2D eigenvalue weighted by molar-refractivity contribution is 6.24. The van der Waals surface area contributed by atoms with Crippen molar-refractivity contribution in [2.24, 2.45) is 0 Å². The molecular weight excluding hydrogens is 589 g/mol. The van der Waals surface area contributed by atoms with E-state index in [1.165, 1.54) is 110 Å². The number of hydrogen-bond donors (Lipinski definition) is 0. The Morgan fingerprint density at radius 1 is 0.265 bits per heavy atom. The van der Waals surface area contributed by atoms with Gasteiger partial charge in [-0.2, -0.15) is 0 Å². The van der Waals surface area contributed by atoms with E-state index in [1.54, 1.807) is 0 Å². The van der Waals surface area contributed by atoms with Gasteiger partial charge in [-0.1, -0.05) is 158 Å². The Labute approximate surface area is 284 Å². The van der Waals surface area contributed by atoms with E-state index in [9.17, 15) is 0 Å². The fraction of sp³-hybridized carbons (Fsp3) is 0.0204. The maximum Gasteiger partial charge on any atom is 0.0725 e. The van der Waals surface area contributed by atoms with Crippen molar-refractivity contribution in [1.29, 1.82) is 0 Å². The zero-order valence-corrected chi connectivity index (χ0v) is 26.7. The summed E-state index contributed by atoms with van der Waals surface area (Å²) in [4.78, 5) is 0. The third kappa shape index (κ3) is 2.98. The molecule has 0 saturated heterocycles. The summed E-state index contributed by atoms with van der Waals surface area (Å²) >= 11 is 0. The fourth-order valence-electron chi connectivity index (χ4n) is 10.0. The molecule has 0 radical (unpaired) electrons. The molecule has 0 bridgehead atoms. The minimum Gasteiger partial charge on any atom is -0.0619 e. The lowest BCUT2D eigenvalue weighted by atomic mass is 9.70. The highest BCUT2D eigenvalue weighted by Crippen LogP contribution is 2.66. The Kier molecular flexibility index (Phi) is 4.74. The van der Waals surface area contributed by atoms with Crippen LogP contribution >= 0.6 is 0 Å². The average Bonchev–Trinajstić information content (AvgIpc) is 3.77. The van der Waals surface area contributed by atoms with Gasteiger partial charge < -0.3 is 0 Å². The van der Waals surface area contributed by atoms with Crippen LogP contribution in [0.1, 0.15) is 22.3 Å². The molecule has 3 aliphatic rings.